The summed E-state index contributed by atoms with van der Waals surface area (Å²) in [7, 11) is 0. The molecule has 4 rings (SSSR count). The van der Waals surface area contributed by atoms with Crippen molar-refractivity contribution in [1.29, 1.82) is 5.26 Å². The maximum Gasteiger partial charge on any atom is 0.339 e. The Labute approximate surface area is 165 Å². The molecule has 1 aliphatic carbocycles. The molecule has 1 atom stereocenters. The SMILES string of the molecule is C[C@@H](OC(=O)c1c2c(nc3ccccc13)CCC2)C(=O)Nc1sccc1C#N. The zero-order valence-electron chi connectivity index (χ0n) is 15.2. The molecule has 6 nitrogen and oxygen atoms in total. The second-order valence-electron chi connectivity index (χ2n) is 6.59. The molecule has 2 aromatic heterocycles. The highest BCUT2D eigenvalue weighted by Crippen LogP contribution is 2.31. The number of benzene rings is 1. The highest BCUT2D eigenvalue weighted by molar-refractivity contribution is 7.14. The third kappa shape index (κ3) is 3.23. The molecule has 28 heavy (non-hydrogen) atoms. The number of anilines is 1. The lowest BCUT2D eigenvalue weighted by Crippen LogP contribution is -2.30. The number of amides is 1. The van der Waals surface area contributed by atoms with Crippen LogP contribution in [0.1, 0.15) is 40.5 Å². The van der Waals surface area contributed by atoms with Gasteiger partial charge in [0.1, 0.15) is 11.1 Å². The van der Waals surface area contributed by atoms with Gasteiger partial charge in [0.2, 0.25) is 0 Å². The van der Waals surface area contributed by atoms with Gasteiger partial charge in [0.15, 0.2) is 6.10 Å². The quantitative estimate of drug-likeness (QED) is 0.682. The number of carbonyl (C=O) groups excluding carboxylic acids is 2. The Morgan fingerprint density at radius 3 is 2.93 bits per heavy atom. The van der Waals surface area contributed by atoms with Crippen LogP contribution in [0.2, 0.25) is 0 Å². The maximum atomic E-state index is 13.0. The molecule has 1 aliphatic rings. The van der Waals surface area contributed by atoms with E-state index >= 15 is 0 Å². The normalized spacial score (nSPS) is 13.6. The second kappa shape index (κ2) is 7.41. The van der Waals surface area contributed by atoms with Crippen molar-refractivity contribution < 1.29 is 14.3 Å². The monoisotopic (exact) mass is 391 g/mol. The summed E-state index contributed by atoms with van der Waals surface area (Å²) in [6.45, 7) is 1.52. The molecule has 0 aliphatic heterocycles. The number of para-hydroxylation sites is 1. The number of nitriles is 1. The number of esters is 1. The molecule has 0 unspecified atom stereocenters. The van der Waals surface area contributed by atoms with Crippen molar-refractivity contribution in [3.63, 3.8) is 0 Å². The maximum absolute atomic E-state index is 13.0. The molecule has 140 valence electrons. The third-order valence-electron chi connectivity index (χ3n) is 4.80. The van der Waals surface area contributed by atoms with Crippen molar-refractivity contribution in [2.75, 3.05) is 5.32 Å². The highest BCUT2D eigenvalue weighted by Gasteiger charge is 2.27. The first-order valence-electron chi connectivity index (χ1n) is 8.98. The van der Waals surface area contributed by atoms with Crippen LogP contribution in [0.4, 0.5) is 5.00 Å². The fraction of sp³-hybridized carbons (Fsp3) is 0.238. The van der Waals surface area contributed by atoms with Crippen LogP contribution in [0.25, 0.3) is 10.9 Å². The minimum absolute atomic E-state index is 0.384. The Morgan fingerprint density at radius 1 is 1.29 bits per heavy atom. The Morgan fingerprint density at radius 2 is 2.11 bits per heavy atom. The van der Waals surface area contributed by atoms with E-state index in [4.69, 9.17) is 10.00 Å². The summed E-state index contributed by atoms with van der Waals surface area (Å²) in [5, 5.41) is 14.6. The van der Waals surface area contributed by atoms with E-state index in [9.17, 15) is 9.59 Å². The van der Waals surface area contributed by atoms with Crippen molar-refractivity contribution in [2.45, 2.75) is 32.3 Å². The van der Waals surface area contributed by atoms with Crippen molar-refractivity contribution >= 4 is 39.1 Å². The second-order valence-corrected chi connectivity index (χ2v) is 7.51. The lowest BCUT2D eigenvalue weighted by atomic mass is 10.0. The molecule has 1 N–H and O–H groups in total. The first kappa shape index (κ1) is 18.1. The Hall–Kier alpha value is -3.24. The van der Waals surface area contributed by atoms with Crippen LogP contribution in [0.15, 0.2) is 35.7 Å². The Bertz CT molecular complexity index is 1130. The van der Waals surface area contributed by atoms with E-state index < -0.39 is 18.0 Å². The molecule has 0 spiro atoms. The zero-order valence-corrected chi connectivity index (χ0v) is 16.0. The Kier molecular flexibility index (Phi) is 4.80. The number of hydrogen-bond donors (Lipinski definition) is 1. The Balaban J connectivity index is 1.59. The summed E-state index contributed by atoms with van der Waals surface area (Å²) in [4.78, 5) is 30.1. The van der Waals surface area contributed by atoms with Crippen molar-refractivity contribution in [3.05, 3.63) is 58.1 Å². The number of fused-ring (bicyclic) bond motifs is 2. The number of ether oxygens (including phenoxy) is 1. The van der Waals surface area contributed by atoms with Gasteiger partial charge < -0.3 is 10.1 Å². The summed E-state index contributed by atoms with van der Waals surface area (Å²) in [6, 6.07) is 11.1. The van der Waals surface area contributed by atoms with Crippen LogP contribution in [0.3, 0.4) is 0 Å². The van der Waals surface area contributed by atoms with Crippen molar-refractivity contribution in [1.82, 2.24) is 4.98 Å². The highest BCUT2D eigenvalue weighted by atomic mass is 32.1. The van der Waals surface area contributed by atoms with E-state index in [1.165, 1.54) is 18.3 Å². The fourth-order valence-electron chi connectivity index (χ4n) is 3.42. The molecule has 2 heterocycles. The number of aryl methyl sites for hydroxylation is 1. The molecule has 0 saturated carbocycles. The van der Waals surface area contributed by atoms with E-state index in [0.717, 1.165) is 41.4 Å². The van der Waals surface area contributed by atoms with Gasteiger partial charge in [0.25, 0.3) is 5.91 Å². The van der Waals surface area contributed by atoms with E-state index in [2.05, 4.69) is 10.3 Å². The summed E-state index contributed by atoms with van der Waals surface area (Å²) < 4.78 is 5.50. The van der Waals surface area contributed by atoms with Crippen LogP contribution in [-0.2, 0) is 22.4 Å². The van der Waals surface area contributed by atoms with Gasteiger partial charge in [0, 0.05) is 11.1 Å². The number of thiophene rings is 1. The molecule has 0 radical (unpaired) electrons. The molecular formula is C21H17N3O3S. The van der Waals surface area contributed by atoms with Gasteiger partial charge in [-0.15, -0.1) is 11.3 Å². The summed E-state index contributed by atoms with van der Waals surface area (Å²) >= 11 is 1.25. The van der Waals surface area contributed by atoms with Gasteiger partial charge in [-0.3, -0.25) is 9.78 Å². The molecule has 0 fully saturated rings. The van der Waals surface area contributed by atoms with Crippen LogP contribution in [0, 0.1) is 11.3 Å². The third-order valence-corrected chi connectivity index (χ3v) is 5.63. The summed E-state index contributed by atoms with van der Waals surface area (Å²) in [5.74, 6) is -0.992. The van der Waals surface area contributed by atoms with Gasteiger partial charge in [0.05, 0.1) is 16.6 Å². The smallest absolute Gasteiger partial charge is 0.339 e. The van der Waals surface area contributed by atoms with Gasteiger partial charge >= 0.3 is 5.97 Å². The van der Waals surface area contributed by atoms with E-state index in [-0.39, 0.29) is 0 Å². The largest absolute Gasteiger partial charge is 0.449 e. The van der Waals surface area contributed by atoms with E-state index in [0.29, 0.717) is 16.1 Å². The predicted octanol–water partition coefficient (Wildman–Crippen LogP) is 3.84. The molecule has 7 heteroatoms. The lowest BCUT2D eigenvalue weighted by Gasteiger charge is -2.16. The first-order valence-corrected chi connectivity index (χ1v) is 9.86. The van der Waals surface area contributed by atoms with Crippen LogP contribution in [0.5, 0.6) is 0 Å². The minimum Gasteiger partial charge on any atom is -0.449 e. The van der Waals surface area contributed by atoms with Crippen LogP contribution < -0.4 is 5.32 Å². The summed E-state index contributed by atoms with van der Waals surface area (Å²) in [6.07, 6.45) is 1.57. The average molecular weight is 391 g/mol. The molecular weight excluding hydrogens is 374 g/mol. The van der Waals surface area contributed by atoms with Gasteiger partial charge in [-0.05, 0) is 49.3 Å². The van der Waals surface area contributed by atoms with Gasteiger partial charge in [-0.1, -0.05) is 18.2 Å². The molecule has 3 aromatic rings. The van der Waals surface area contributed by atoms with Crippen molar-refractivity contribution in [2.24, 2.45) is 0 Å². The lowest BCUT2D eigenvalue weighted by molar-refractivity contribution is -0.123. The number of aromatic nitrogens is 1. The summed E-state index contributed by atoms with van der Waals surface area (Å²) in [5.41, 5.74) is 3.49. The fourth-order valence-corrected chi connectivity index (χ4v) is 4.17. The number of pyridine rings is 1. The number of carbonyl (C=O) groups is 2. The number of nitrogens with one attached hydrogen (secondary N) is 1. The minimum atomic E-state index is -0.995. The van der Waals surface area contributed by atoms with Crippen LogP contribution in [-0.4, -0.2) is 23.0 Å². The van der Waals surface area contributed by atoms with Crippen LogP contribution >= 0.6 is 11.3 Å². The number of hydrogen-bond acceptors (Lipinski definition) is 6. The number of nitrogens with zero attached hydrogens (tertiary/aromatic N) is 2. The van der Waals surface area contributed by atoms with E-state index in [1.807, 2.05) is 30.3 Å². The van der Waals surface area contributed by atoms with Crippen molar-refractivity contribution in [3.8, 4) is 6.07 Å². The molecule has 0 saturated heterocycles. The van der Waals surface area contributed by atoms with Gasteiger partial charge in [-0.2, -0.15) is 5.26 Å². The van der Waals surface area contributed by atoms with Gasteiger partial charge in [-0.25, -0.2) is 4.79 Å². The molecule has 0 bridgehead atoms. The zero-order chi connectivity index (χ0) is 19.7. The van der Waals surface area contributed by atoms with E-state index in [1.54, 1.807) is 11.4 Å². The first-order chi connectivity index (χ1) is 13.6. The predicted molar refractivity (Wildman–Crippen MR) is 106 cm³/mol. The molecule has 1 aromatic carbocycles. The standard InChI is InChI=1S/C21H17N3O3S/c1-12(19(25)24-20-13(11-22)9-10-28-20)27-21(26)18-14-5-2-3-7-16(14)23-17-8-4-6-15(17)18/h2-3,5,7,9-10,12H,4,6,8H2,1H3,(H,24,25)/t12-/m1/s1. The topological polar surface area (TPSA) is 92.1 Å². The number of rotatable bonds is 4. The molecule has 1 amide bonds. The average Bonchev–Trinajstić information content (AvgIpc) is 3.34.